The Kier molecular flexibility index (Phi) is 8.14. The SMILES string of the molecule is [Li+].[O-]c1ccc(-c2c3ccccc3cc3ccc(-c4ccc(-c5nc(-c6ccccc6)nc(-c6ccccc6)n5)cc4)cc23)c2ccc[nH+]c12. The van der Waals surface area contributed by atoms with Gasteiger partial charge in [0.05, 0.1) is 5.39 Å². The summed E-state index contributed by atoms with van der Waals surface area (Å²) in [5.74, 6) is 1.88. The molecular weight excluding hydrogens is 607 g/mol. The van der Waals surface area contributed by atoms with Crippen molar-refractivity contribution >= 4 is 32.4 Å². The fraction of sp³-hybridized carbons (Fsp3) is 0. The first kappa shape index (κ1) is 31.2. The third-order valence-electron chi connectivity index (χ3n) is 9.10. The Balaban J connectivity index is 0.00000361. The van der Waals surface area contributed by atoms with E-state index in [0.717, 1.165) is 65.9 Å². The topological polar surface area (TPSA) is 75.9 Å². The van der Waals surface area contributed by atoms with Gasteiger partial charge in [0.15, 0.2) is 23.7 Å². The smallest absolute Gasteiger partial charge is 0.868 e. The minimum Gasteiger partial charge on any atom is -0.868 e. The van der Waals surface area contributed by atoms with Gasteiger partial charge in [-0.25, -0.2) is 19.9 Å². The van der Waals surface area contributed by atoms with Crippen LogP contribution in [0.25, 0.3) is 88.9 Å². The van der Waals surface area contributed by atoms with E-state index in [1.165, 1.54) is 0 Å². The zero-order chi connectivity index (χ0) is 32.7. The van der Waals surface area contributed by atoms with Crippen LogP contribution in [-0.2, 0) is 0 Å². The molecule has 2 heterocycles. The Hall–Kier alpha value is -6.12. The molecule has 6 heteroatoms. The van der Waals surface area contributed by atoms with Crippen molar-refractivity contribution in [1.82, 2.24) is 15.0 Å². The van der Waals surface area contributed by atoms with Crippen molar-refractivity contribution in [3.05, 3.63) is 164 Å². The zero-order valence-electron chi connectivity index (χ0n) is 27.3. The minimum atomic E-state index is -0.0189. The molecule has 0 aliphatic rings. The summed E-state index contributed by atoms with van der Waals surface area (Å²) in [5, 5.41) is 18.3. The van der Waals surface area contributed by atoms with Crippen LogP contribution in [0.1, 0.15) is 0 Å². The van der Waals surface area contributed by atoms with E-state index in [-0.39, 0.29) is 24.6 Å². The zero-order valence-corrected chi connectivity index (χ0v) is 27.3. The summed E-state index contributed by atoms with van der Waals surface area (Å²) in [6.07, 6.45) is 1.80. The molecule has 0 radical (unpaired) electrons. The number of rotatable bonds is 5. The van der Waals surface area contributed by atoms with Crippen LogP contribution in [-0.4, -0.2) is 15.0 Å². The summed E-state index contributed by atoms with van der Waals surface area (Å²) >= 11 is 0. The maximum Gasteiger partial charge on any atom is 1.00 e. The van der Waals surface area contributed by atoms with Crippen LogP contribution >= 0.6 is 0 Å². The summed E-state index contributed by atoms with van der Waals surface area (Å²) in [5.41, 5.74) is 7.72. The molecule has 7 aromatic carbocycles. The molecule has 0 aliphatic heterocycles. The van der Waals surface area contributed by atoms with Crippen LogP contribution < -0.4 is 29.0 Å². The second-order valence-electron chi connectivity index (χ2n) is 12.1. The summed E-state index contributed by atoms with van der Waals surface area (Å²) in [6.45, 7) is 0. The number of hydrogen-bond donors (Lipinski definition) is 0. The van der Waals surface area contributed by atoms with Gasteiger partial charge in [0.2, 0.25) is 5.52 Å². The number of hydrogen-bond acceptors (Lipinski definition) is 4. The number of nitrogens with zero attached hydrogens (tertiary/aromatic N) is 3. The molecule has 5 nitrogen and oxygen atoms in total. The Morgan fingerprint density at radius 2 is 0.960 bits per heavy atom. The molecule has 1 N–H and O–H groups in total. The number of H-pyrrole nitrogens is 1. The molecule has 0 atom stereocenters. The minimum absolute atomic E-state index is 0. The van der Waals surface area contributed by atoms with Crippen molar-refractivity contribution in [2.45, 2.75) is 0 Å². The van der Waals surface area contributed by atoms with E-state index in [0.29, 0.717) is 23.0 Å². The van der Waals surface area contributed by atoms with E-state index in [9.17, 15) is 5.11 Å². The molecule has 9 aromatic rings. The van der Waals surface area contributed by atoms with Gasteiger partial charge in [-0.3, -0.25) is 0 Å². The van der Waals surface area contributed by atoms with Crippen molar-refractivity contribution in [3.63, 3.8) is 0 Å². The summed E-state index contributed by atoms with van der Waals surface area (Å²) in [4.78, 5) is 17.8. The molecule has 0 fully saturated rings. The van der Waals surface area contributed by atoms with E-state index in [1.54, 1.807) is 12.3 Å². The summed E-state index contributed by atoms with van der Waals surface area (Å²) in [7, 11) is 0. The molecule has 9 rings (SSSR count). The summed E-state index contributed by atoms with van der Waals surface area (Å²) < 4.78 is 0. The van der Waals surface area contributed by atoms with Crippen molar-refractivity contribution in [1.29, 1.82) is 0 Å². The molecule has 0 saturated heterocycles. The van der Waals surface area contributed by atoms with E-state index in [2.05, 4.69) is 77.8 Å². The van der Waals surface area contributed by atoms with Gasteiger partial charge >= 0.3 is 18.9 Å². The van der Waals surface area contributed by atoms with Gasteiger partial charge in [-0.15, -0.1) is 0 Å². The first-order valence-corrected chi connectivity index (χ1v) is 16.2. The van der Waals surface area contributed by atoms with E-state index < -0.39 is 0 Å². The average molecular weight is 636 g/mol. The second-order valence-corrected chi connectivity index (χ2v) is 12.1. The molecule has 0 bridgehead atoms. The molecular formula is C44H28LiN4O+. The number of pyridine rings is 1. The van der Waals surface area contributed by atoms with E-state index in [1.807, 2.05) is 78.9 Å². The monoisotopic (exact) mass is 635 g/mol. The first-order valence-electron chi connectivity index (χ1n) is 16.2. The van der Waals surface area contributed by atoms with Crippen LogP contribution in [0.5, 0.6) is 5.75 Å². The molecule has 50 heavy (non-hydrogen) atoms. The third-order valence-corrected chi connectivity index (χ3v) is 9.10. The fourth-order valence-electron chi connectivity index (χ4n) is 6.70. The van der Waals surface area contributed by atoms with Crippen molar-refractivity contribution in [2.24, 2.45) is 0 Å². The average Bonchev–Trinajstić information content (AvgIpc) is 3.18. The molecule has 0 amide bonds. The third kappa shape index (κ3) is 5.59. The predicted octanol–water partition coefficient (Wildman–Crippen LogP) is 6.56. The maximum atomic E-state index is 12.8. The van der Waals surface area contributed by atoms with Crippen LogP contribution in [0.3, 0.4) is 0 Å². The van der Waals surface area contributed by atoms with Crippen molar-refractivity contribution in [3.8, 4) is 62.2 Å². The van der Waals surface area contributed by atoms with Crippen LogP contribution in [0, 0.1) is 0 Å². The number of nitrogens with one attached hydrogen (secondary N) is 1. The maximum absolute atomic E-state index is 12.8. The summed E-state index contributed by atoms with van der Waals surface area (Å²) in [6, 6.07) is 53.4. The quantitative estimate of drug-likeness (QED) is 0.159. The Bertz CT molecular complexity index is 2610. The van der Waals surface area contributed by atoms with Crippen LogP contribution in [0.15, 0.2) is 164 Å². The Morgan fingerprint density at radius 1 is 0.420 bits per heavy atom. The first-order chi connectivity index (χ1) is 24.2. The van der Waals surface area contributed by atoms with Gasteiger partial charge in [0.25, 0.3) is 0 Å². The Morgan fingerprint density at radius 3 is 1.64 bits per heavy atom. The number of aromatic nitrogens is 4. The number of aromatic amines is 1. The van der Waals surface area contributed by atoms with Gasteiger partial charge in [0.1, 0.15) is 0 Å². The van der Waals surface area contributed by atoms with Gasteiger partial charge < -0.3 is 5.11 Å². The standard InChI is InChI=1S/C44H28N4O.Li/c49-39-24-23-36(37-16-9-25-45-41(37)39)40-35-15-8-7-14-33(35)26-34-22-21-32(27-38(34)40)28-17-19-31(20-18-28)44-47-42(29-10-3-1-4-11-29)46-43(48-44)30-12-5-2-6-13-30;/h1-27,49H;/q;+1. The predicted molar refractivity (Wildman–Crippen MR) is 196 cm³/mol. The van der Waals surface area contributed by atoms with Crippen LogP contribution in [0.2, 0.25) is 0 Å². The van der Waals surface area contributed by atoms with E-state index in [4.69, 9.17) is 15.0 Å². The largest absolute Gasteiger partial charge is 1.00 e. The molecule has 0 spiro atoms. The Labute approximate surface area is 301 Å². The van der Waals surface area contributed by atoms with Crippen LogP contribution in [0.4, 0.5) is 0 Å². The van der Waals surface area contributed by atoms with Gasteiger partial charge in [-0.1, -0.05) is 133 Å². The van der Waals surface area contributed by atoms with E-state index >= 15 is 0 Å². The molecule has 0 saturated carbocycles. The van der Waals surface area contributed by atoms with Crippen molar-refractivity contribution in [2.75, 3.05) is 0 Å². The number of benzene rings is 7. The number of fused-ring (bicyclic) bond motifs is 3. The molecule has 2 aromatic heterocycles. The normalized spacial score (nSPS) is 11.1. The second kappa shape index (κ2) is 13.1. The van der Waals surface area contributed by atoms with Gasteiger partial charge in [0, 0.05) is 22.8 Å². The fourth-order valence-corrected chi connectivity index (χ4v) is 6.70. The van der Waals surface area contributed by atoms with Gasteiger partial charge in [-0.2, -0.15) is 0 Å². The molecule has 230 valence electrons. The molecule has 0 unspecified atom stereocenters. The van der Waals surface area contributed by atoms with Gasteiger partial charge in [-0.05, 0) is 67.7 Å². The van der Waals surface area contributed by atoms with Crippen molar-refractivity contribution < 1.29 is 29.0 Å². The molecule has 0 aliphatic carbocycles.